The quantitative estimate of drug-likeness (QED) is 0.262. The van der Waals surface area contributed by atoms with Crippen molar-refractivity contribution in [2.45, 2.75) is 53.2 Å². The highest BCUT2D eigenvalue weighted by Crippen LogP contribution is 2.34. The van der Waals surface area contributed by atoms with E-state index in [1.54, 1.807) is 29.9 Å². The molecule has 0 radical (unpaired) electrons. The molecule has 0 amide bonds. The molecule has 0 aliphatic carbocycles. The van der Waals surface area contributed by atoms with Crippen molar-refractivity contribution in [3.8, 4) is 11.5 Å². The summed E-state index contributed by atoms with van der Waals surface area (Å²) in [5.41, 5.74) is 4.21. The Morgan fingerprint density at radius 3 is 2.56 bits per heavy atom. The summed E-state index contributed by atoms with van der Waals surface area (Å²) in [5.74, 6) is -0.0733. The number of pyridine rings is 1. The van der Waals surface area contributed by atoms with E-state index in [1.807, 2.05) is 78.1 Å². The Hall–Kier alpha value is -4.46. The summed E-state index contributed by atoms with van der Waals surface area (Å²) in [5, 5.41) is 9.50. The molecule has 1 N–H and O–H groups in total. The Kier molecular flexibility index (Phi) is 6.50. The third kappa shape index (κ3) is 4.90. The van der Waals surface area contributed by atoms with E-state index >= 15 is 0 Å². The molecule has 3 heterocycles. The maximum atomic E-state index is 13.6. The van der Waals surface area contributed by atoms with Gasteiger partial charge in [0, 0.05) is 29.8 Å². The molecule has 39 heavy (non-hydrogen) atoms. The van der Waals surface area contributed by atoms with E-state index in [2.05, 4.69) is 10.3 Å². The van der Waals surface area contributed by atoms with Crippen LogP contribution >= 0.6 is 0 Å². The number of esters is 1. The molecule has 0 saturated heterocycles. The zero-order valence-corrected chi connectivity index (χ0v) is 23.2. The minimum atomic E-state index is -0.655. The minimum Gasteiger partial charge on any atom is -0.455 e. The van der Waals surface area contributed by atoms with Gasteiger partial charge in [0.05, 0.1) is 22.6 Å². The first-order valence-electron chi connectivity index (χ1n) is 12.9. The van der Waals surface area contributed by atoms with E-state index in [-0.39, 0.29) is 17.2 Å². The van der Waals surface area contributed by atoms with Crippen LogP contribution in [0.2, 0.25) is 0 Å². The van der Waals surface area contributed by atoms with E-state index < -0.39 is 11.6 Å². The normalized spacial score (nSPS) is 12.6. The first-order valence-corrected chi connectivity index (χ1v) is 12.9. The fourth-order valence-corrected chi connectivity index (χ4v) is 4.82. The average molecular weight is 525 g/mol. The number of hydrogen-bond acceptors (Lipinski definition) is 7. The van der Waals surface area contributed by atoms with Crippen LogP contribution in [0.1, 0.15) is 60.9 Å². The van der Waals surface area contributed by atoms with Gasteiger partial charge in [-0.05, 0) is 71.4 Å². The Labute approximate surface area is 226 Å². The van der Waals surface area contributed by atoms with Crippen LogP contribution in [0.4, 0.5) is 5.69 Å². The summed E-state index contributed by atoms with van der Waals surface area (Å²) in [6.45, 7) is 11.1. The maximum Gasteiger partial charge on any atom is 0.359 e. The molecule has 0 aliphatic rings. The average Bonchev–Trinajstić information content (AvgIpc) is 3.21. The van der Waals surface area contributed by atoms with E-state index in [4.69, 9.17) is 14.3 Å². The highest BCUT2D eigenvalue weighted by Gasteiger charge is 2.25. The van der Waals surface area contributed by atoms with Gasteiger partial charge in [0.1, 0.15) is 16.9 Å². The van der Waals surface area contributed by atoms with E-state index in [9.17, 15) is 9.59 Å². The second-order valence-corrected chi connectivity index (χ2v) is 10.9. The molecule has 3 aromatic heterocycles. The number of rotatable bonds is 5. The van der Waals surface area contributed by atoms with E-state index in [0.717, 1.165) is 22.0 Å². The molecule has 5 rings (SSSR count). The van der Waals surface area contributed by atoms with Gasteiger partial charge < -0.3 is 14.5 Å². The van der Waals surface area contributed by atoms with Crippen molar-refractivity contribution in [3.63, 3.8) is 0 Å². The topological polar surface area (TPSA) is 99.2 Å². The molecule has 1 atom stereocenters. The largest absolute Gasteiger partial charge is 0.455 e. The number of aromatic nitrogens is 3. The fraction of sp³-hybridized carbons (Fsp3) is 0.290. The number of carbonyl (C=O) groups is 1. The SMILES string of the molecule is Cc1cc([C@@H](C)Nc2cccnc2C(=O)OC(C)(C)C)c2oc(-c3nn(C)c4ccccc34)c(C)c(=O)c2c1. The predicted octanol–water partition coefficient (Wildman–Crippen LogP) is 6.49. The molecular weight excluding hydrogens is 492 g/mol. The lowest BCUT2D eigenvalue weighted by atomic mass is 9.99. The molecular formula is C31H32N4O4. The van der Waals surface area contributed by atoms with Crippen molar-refractivity contribution in [2.75, 3.05) is 5.32 Å². The number of nitrogens with one attached hydrogen (secondary N) is 1. The van der Waals surface area contributed by atoms with Crippen LogP contribution in [0.25, 0.3) is 33.3 Å². The summed E-state index contributed by atoms with van der Waals surface area (Å²) < 4.78 is 13.9. The van der Waals surface area contributed by atoms with Crippen LogP contribution in [0, 0.1) is 13.8 Å². The number of ether oxygens (including phenoxy) is 1. The molecule has 8 nitrogen and oxygen atoms in total. The van der Waals surface area contributed by atoms with Gasteiger partial charge in [-0.1, -0.05) is 24.3 Å². The van der Waals surface area contributed by atoms with Crippen LogP contribution in [0.3, 0.4) is 0 Å². The zero-order chi connectivity index (χ0) is 28.1. The van der Waals surface area contributed by atoms with Crippen molar-refractivity contribution < 1.29 is 13.9 Å². The van der Waals surface area contributed by atoms with Crippen molar-refractivity contribution in [3.05, 3.63) is 87.3 Å². The fourth-order valence-electron chi connectivity index (χ4n) is 4.82. The summed E-state index contributed by atoms with van der Waals surface area (Å²) >= 11 is 0. The number of carbonyl (C=O) groups excluding carboxylic acids is 1. The minimum absolute atomic E-state index is 0.103. The standard InChI is InChI=1S/C31H32N4O4/c1-17-15-21(19(3)33-23-12-10-14-32-26(23)30(37)39-31(4,5)6)29-22(16-17)27(36)18(2)28(38-29)25-20-11-8-9-13-24(20)35(7)34-25/h8-16,19,33H,1-7H3/t19-/m1/s1. The van der Waals surface area contributed by atoms with Gasteiger partial charge in [0.2, 0.25) is 0 Å². The monoisotopic (exact) mass is 524 g/mol. The van der Waals surface area contributed by atoms with Gasteiger partial charge in [-0.15, -0.1) is 0 Å². The summed E-state index contributed by atoms with van der Waals surface area (Å²) in [6, 6.07) is 14.9. The first-order chi connectivity index (χ1) is 18.4. The highest BCUT2D eigenvalue weighted by atomic mass is 16.6. The van der Waals surface area contributed by atoms with Crippen LogP contribution in [-0.2, 0) is 11.8 Å². The molecule has 5 aromatic rings. The Morgan fingerprint density at radius 1 is 1.08 bits per heavy atom. The van der Waals surface area contributed by atoms with E-state index in [0.29, 0.717) is 33.7 Å². The summed E-state index contributed by atoms with van der Waals surface area (Å²) in [4.78, 5) is 30.8. The Morgan fingerprint density at radius 2 is 1.82 bits per heavy atom. The zero-order valence-electron chi connectivity index (χ0n) is 23.2. The maximum absolute atomic E-state index is 13.6. The van der Waals surface area contributed by atoms with Gasteiger partial charge in [-0.25, -0.2) is 9.78 Å². The lowest BCUT2D eigenvalue weighted by molar-refractivity contribution is 0.00640. The molecule has 0 bridgehead atoms. The Bertz CT molecular complexity index is 1790. The van der Waals surface area contributed by atoms with Gasteiger partial charge in [-0.2, -0.15) is 5.10 Å². The van der Waals surface area contributed by atoms with Crippen LogP contribution < -0.4 is 10.7 Å². The number of aryl methyl sites for hydroxylation is 2. The second kappa shape index (κ2) is 9.69. The lowest BCUT2D eigenvalue weighted by Gasteiger charge is -2.22. The van der Waals surface area contributed by atoms with Crippen LogP contribution in [0.5, 0.6) is 0 Å². The van der Waals surface area contributed by atoms with Gasteiger partial charge >= 0.3 is 5.97 Å². The van der Waals surface area contributed by atoms with Crippen molar-refractivity contribution in [1.29, 1.82) is 0 Å². The molecule has 2 aromatic carbocycles. The highest BCUT2D eigenvalue weighted by molar-refractivity contribution is 5.95. The molecule has 0 fully saturated rings. The molecule has 200 valence electrons. The second-order valence-electron chi connectivity index (χ2n) is 10.9. The number of fused-ring (bicyclic) bond motifs is 2. The number of benzene rings is 2. The molecule has 0 aliphatic heterocycles. The smallest absolute Gasteiger partial charge is 0.359 e. The number of para-hydroxylation sites is 1. The molecule has 0 unspecified atom stereocenters. The van der Waals surface area contributed by atoms with Gasteiger partial charge in [-0.3, -0.25) is 9.48 Å². The molecule has 0 spiro atoms. The molecule has 8 heteroatoms. The van der Waals surface area contributed by atoms with Gasteiger partial charge in [0.15, 0.2) is 16.9 Å². The van der Waals surface area contributed by atoms with Gasteiger partial charge in [0.25, 0.3) is 0 Å². The summed E-state index contributed by atoms with van der Waals surface area (Å²) in [7, 11) is 1.87. The predicted molar refractivity (Wildman–Crippen MR) is 153 cm³/mol. The number of hydrogen-bond donors (Lipinski definition) is 1. The Balaban J connectivity index is 1.64. The number of anilines is 1. The first kappa shape index (κ1) is 26.2. The van der Waals surface area contributed by atoms with E-state index in [1.165, 1.54) is 0 Å². The van der Waals surface area contributed by atoms with Crippen LogP contribution in [0.15, 0.2) is 63.9 Å². The lowest BCUT2D eigenvalue weighted by Crippen LogP contribution is -2.25. The van der Waals surface area contributed by atoms with Crippen molar-refractivity contribution >= 4 is 33.5 Å². The third-order valence-corrected chi connectivity index (χ3v) is 6.60. The molecule has 0 saturated carbocycles. The van der Waals surface area contributed by atoms with Crippen molar-refractivity contribution in [2.24, 2.45) is 7.05 Å². The van der Waals surface area contributed by atoms with Crippen molar-refractivity contribution in [1.82, 2.24) is 14.8 Å². The summed E-state index contributed by atoms with van der Waals surface area (Å²) in [6.07, 6.45) is 1.56. The third-order valence-electron chi connectivity index (χ3n) is 6.60. The number of nitrogens with zero attached hydrogens (tertiary/aromatic N) is 3. The van der Waals surface area contributed by atoms with Crippen LogP contribution in [-0.4, -0.2) is 26.3 Å².